The molecule has 0 atom stereocenters. The SMILES string of the molecule is COc1cccc(C(=O)Nc2cn[nH]c2-c2ccccn2)c1F. The van der Waals surface area contributed by atoms with Gasteiger partial charge in [0.05, 0.1) is 30.3 Å². The third kappa shape index (κ3) is 2.89. The molecular formula is C16H13FN4O2. The van der Waals surface area contributed by atoms with Gasteiger partial charge in [0.15, 0.2) is 11.6 Å². The molecule has 6 nitrogen and oxygen atoms in total. The Bertz CT molecular complexity index is 833. The van der Waals surface area contributed by atoms with E-state index in [-0.39, 0.29) is 11.3 Å². The number of carbonyl (C=O) groups is 1. The maximum atomic E-state index is 14.2. The van der Waals surface area contributed by atoms with E-state index >= 15 is 0 Å². The molecule has 0 unspecified atom stereocenters. The fraction of sp³-hybridized carbons (Fsp3) is 0.0625. The van der Waals surface area contributed by atoms with Crippen LogP contribution >= 0.6 is 0 Å². The summed E-state index contributed by atoms with van der Waals surface area (Å²) in [7, 11) is 1.34. The first-order valence-corrected chi connectivity index (χ1v) is 6.79. The lowest BCUT2D eigenvalue weighted by Crippen LogP contribution is -2.14. The van der Waals surface area contributed by atoms with Gasteiger partial charge >= 0.3 is 0 Å². The van der Waals surface area contributed by atoms with E-state index in [1.165, 1.54) is 25.4 Å². The van der Waals surface area contributed by atoms with Crippen molar-refractivity contribution in [2.45, 2.75) is 0 Å². The number of nitrogens with one attached hydrogen (secondary N) is 2. The van der Waals surface area contributed by atoms with Crippen molar-refractivity contribution in [2.75, 3.05) is 12.4 Å². The summed E-state index contributed by atoms with van der Waals surface area (Å²) in [4.78, 5) is 16.5. The molecule has 2 heterocycles. The Morgan fingerprint density at radius 1 is 1.26 bits per heavy atom. The Kier molecular flexibility index (Phi) is 4.01. The van der Waals surface area contributed by atoms with Gasteiger partial charge in [-0.2, -0.15) is 5.10 Å². The van der Waals surface area contributed by atoms with Crippen LogP contribution in [-0.2, 0) is 0 Å². The maximum absolute atomic E-state index is 14.2. The van der Waals surface area contributed by atoms with Gasteiger partial charge in [-0.3, -0.25) is 14.9 Å². The molecule has 0 radical (unpaired) electrons. The minimum atomic E-state index is -0.713. The summed E-state index contributed by atoms with van der Waals surface area (Å²) in [5.74, 6) is -1.30. The first-order valence-electron chi connectivity index (χ1n) is 6.79. The van der Waals surface area contributed by atoms with Crippen molar-refractivity contribution in [3.8, 4) is 17.1 Å². The summed E-state index contributed by atoms with van der Waals surface area (Å²) >= 11 is 0. The number of aromatic amines is 1. The van der Waals surface area contributed by atoms with Crippen LogP contribution in [0, 0.1) is 5.82 Å². The number of aromatic nitrogens is 3. The number of methoxy groups -OCH3 is 1. The van der Waals surface area contributed by atoms with E-state index in [0.29, 0.717) is 17.1 Å². The van der Waals surface area contributed by atoms with E-state index in [2.05, 4.69) is 20.5 Å². The molecule has 0 aliphatic heterocycles. The van der Waals surface area contributed by atoms with Gasteiger partial charge in [0.2, 0.25) is 0 Å². The highest BCUT2D eigenvalue weighted by molar-refractivity contribution is 6.06. The summed E-state index contributed by atoms with van der Waals surface area (Å²) in [5, 5.41) is 9.30. The van der Waals surface area contributed by atoms with Gasteiger partial charge in [-0.15, -0.1) is 0 Å². The Morgan fingerprint density at radius 2 is 2.13 bits per heavy atom. The topological polar surface area (TPSA) is 79.9 Å². The minimum Gasteiger partial charge on any atom is -0.494 e. The van der Waals surface area contributed by atoms with Crippen LogP contribution < -0.4 is 10.1 Å². The molecule has 0 saturated carbocycles. The third-order valence-electron chi connectivity index (χ3n) is 3.24. The molecule has 3 aromatic rings. The number of benzene rings is 1. The Balaban J connectivity index is 1.89. The predicted octanol–water partition coefficient (Wildman–Crippen LogP) is 2.87. The number of ether oxygens (including phenoxy) is 1. The average Bonchev–Trinajstić information content (AvgIpc) is 3.04. The van der Waals surface area contributed by atoms with Crippen molar-refractivity contribution in [1.29, 1.82) is 0 Å². The molecular weight excluding hydrogens is 299 g/mol. The Morgan fingerprint density at radius 3 is 2.87 bits per heavy atom. The summed E-state index contributed by atoms with van der Waals surface area (Å²) in [6, 6.07) is 9.75. The van der Waals surface area contributed by atoms with Crippen molar-refractivity contribution in [3.63, 3.8) is 0 Å². The number of carbonyl (C=O) groups excluding carboxylic acids is 1. The lowest BCUT2D eigenvalue weighted by atomic mass is 10.1. The summed E-state index contributed by atoms with van der Waals surface area (Å²) in [5.41, 5.74) is 1.46. The lowest BCUT2D eigenvalue weighted by molar-refractivity contribution is 0.102. The second-order valence-electron chi connectivity index (χ2n) is 4.65. The number of nitrogens with zero attached hydrogens (tertiary/aromatic N) is 2. The molecule has 0 saturated heterocycles. The molecule has 2 aromatic heterocycles. The van der Waals surface area contributed by atoms with Crippen LogP contribution in [-0.4, -0.2) is 28.2 Å². The lowest BCUT2D eigenvalue weighted by Gasteiger charge is -2.08. The van der Waals surface area contributed by atoms with Gasteiger partial charge in [0, 0.05) is 6.20 Å². The largest absolute Gasteiger partial charge is 0.494 e. The van der Waals surface area contributed by atoms with Gasteiger partial charge in [0.25, 0.3) is 5.91 Å². The smallest absolute Gasteiger partial charge is 0.258 e. The fourth-order valence-corrected chi connectivity index (χ4v) is 2.12. The number of hydrogen-bond donors (Lipinski definition) is 2. The van der Waals surface area contributed by atoms with Crippen LogP contribution in [0.4, 0.5) is 10.1 Å². The molecule has 0 fully saturated rings. The van der Waals surface area contributed by atoms with Gasteiger partial charge in [-0.25, -0.2) is 4.39 Å². The normalized spacial score (nSPS) is 10.3. The molecule has 3 rings (SSSR count). The molecule has 2 N–H and O–H groups in total. The second-order valence-corrected chi connectivity index (χ2v) is 4.65. The van der Waals surface area contributed by atoms with Gasteiger partial charge in [-0.05, 0) is 24.3 Å². The van der Waals surface area contributed by atoms with E-state index in [1.807, 2.05) is 6.07 Å². The minimum absolute atomic E-state index is 0.00907. The fourth-order valence-electron chi connectivity index (χ4n) is 2.12. The number of pyridine rings is 1. The van der Waals surface area contributed by atoms with Gasteiger partial charge in [0.1, 0.15) is 5.69 Å². The number of anilines is 1. The van der Waals surface area contributed by atoms with E-state index in [9.17, 15) is 9.18 Å². The maximum Gasteiger partial charge on any atom is 0.258 e. The molecule has 0 bridgehead atoms. The van der Waals surface area contributed by atoms with Crippen molar-refractivity contribution >= 4 is 11.6 Å². The van der Waals surface area contributed by atoms with Crippen molar-refractivity contribution in [3.05, 3.63) is 60.2 Å². The van der Waals surface area contributed by atoms with E-state index in [0.717, 1.165) is 0 Å². The predicted molar refractivity (Wildman–Crippen MR) is 82.7 cm³/mol. The highest BCUT2D eigenvalue weighted by Crippen LogP contribution is 2.25. The van der Waals surface area contributed by atoms with Crippen LogP contribution in [0.1, 0.15) is 10.4 Å². The zero-order chi connectivity index (χ0) is 16.2. The first kappa shape index (κ1) is 14.7. The highest BCUT2D eigenvalue weighted by Gasteiger charge is 2.18. The summed E-state index contributed by atoms with van der Waals surface area (Å²) < 4.78 is 19.0. The Labute approximate surface area is 131 Å². The Hall–Kier alpha value is -3.22. The first-order chi connectivity index (χ1) is 11.2. The summed E-state index contributed by atoms with van der Waals surface area (Å²) in [6.07, 6.45) is 3.07. The molecule has 1 amide bonds. The second kappa shape index (κ2) is 6.27. The van der Waals surface area contributed by atoms with Crippen LogP contribution in [0.25, 0.3) is 11.4 Å². The standard InChI is InChI=1S/C16H13FN4O2/c1-23-13-7-4-5-10(14(13)17)16(22)20-12-9-19-21-15(12)11-6-2-3-8-18-11/h2-9H,1H3,(H,19,21)(H,20,22). The average molecular weight is 312 g/mol. The molecule has 0 spiro atoms. The number of rotatable bonds is 4. The van der Waals surface area contributed by atoms with Gasteiger partial charge < -0.3 is 10.1 Å². The van der Waals surface area contributed by atoms with Gasteiger partial charge in [-0.1, -0.05) is 12.1 Å². The molecule has 7 heteroatoms. The summed E-state index contributed by atoms with van der Waals surface area (Å²) in [6.45, 7) is 0. The number of halogens is 1. The van der Waals surface area contributed by atoms with Crippen LogP contribution in [0.2, 0.25) is 0 Å². The van der Waals surface area contributed by atoms with E-state index in [4.69, 9.17) is 4.74 Å². The van der Waals surface area contributed by atoms with Crippen molar-refractivity contribution < 1.29 is 13.9 Å². The zero-order valence-electron chi connectivity index (χ0n) is 12.2. The quantitative estimate of drug-likeness (QED) is 0.776. The molecule has 1 aromatic carbocycles. The van der Waals surface area contributed by atoms with Crippen molar-refractivity contribution in [2.24, 2.45) is 0 Å². The van der Waals surface area contributed by atoms with E-state index < -0.39 is 11.7 Å². The third-order valence-corrected chi connectivity index (χ3v) is 3.24. The number of H-pyrrole nitrogens is 1. The highest BCUT2D eigenvalue weighted by atomic mass is 19.1. The molecule has 116 valence electrons. The van der Waals surface area contributed by atoms with Crippen LogP contribution in [0.3, 0.4) is 0 Å². The van der Waals surface area contributed by atoms with Crippen LogP contribution in [0.15, 0.2) is 48.8 Å². The number of hydrogen-bond acceptors (Lipinski definition) is 4. The molecule has 0 aliphatic rings. The van der Waals surface area contributed by atoms with Crippen LogP contribution in [0.5, 0.6) is 5.75 Å². The van der Waals surface area contributed by atoms with Crippen molar-refractivity contribution in [1.82, 2.24) is 15.2 Å². The number of amides is 1. The zero-order valence-corrected chi connectivity index (χ0v) is 12.2. The molecule has 23 heavy (non-hydrogen) atoms. The monoisotopic (exact) mass is 312 g/mol. The molecule has 0 aliphatic carbocycles. The van der Waals surface area contributed by atoms with E-state index in [1.54, 1.807) is 24.4 Å².